The molecule has 9 heteroatoms. The van der Waals surface area contributed by atoms with Crippen LogP contribution < -0.4 is 20.1 Å². The highest BCUT2D eigenvalue weighted by atomic mass is 35.5. The summed E-state index contributed by atoms with van der Waals surface area (Å²) >= 11 is 11.4. The number of benzene rings is 2. The van der Waals surface area contributed by atoms with Gasteiger partial charge in [-0.3, -0.25) is 9.59 Å². The van der Waals surface area contributed by atoms with Gasteiger partial charge >= 0.3 is 0 Å². The summed E-state index contributed by atoms with van der Waals surface area (Å²) in [5, 5.41) is 5.97. The number of hydrogen-bond donors (Lipinski definition) is 2. The summed E-state index contributed by atoms with van der Waals surface area (Å²) in [4.78, 5) is 23.4. The molecule has 156 valence electrons. The van der Waals surface area contributed by atoms with Crippen LogP contribution in [-0.2, 0) is 9.59 Å². The SMILES string of the molecule is O=C(COc1ccc(Cl)cc1)NCCCCNC(=O)COc1ccc(F)c(Cl)c1. The zero-order valence-electron chi connectivity index (χ0n) is 15.6. The third-order valence-corrected chi connectivity index (χ3v) is 4.23. The second-order valence-electron chi connectivity index (χ2n) is 6.01. The van der Waals surface area contributed by atoms with Crippen LogP contribution in [0.2, 0.25) is 10.0 Å². The van der Waals surface area contributed by atoms with Gasteiger partial charge in [-0.1, -0.05) is 23.2 Å². The number of amides is 2. The Kier molecular flexibility index (Phi) is 9.53. The highest BCUT2D eigenvalue weighted by Gasteiger charge is 2.06. The number of carbonyl (C=O) groups is 2. The van der Waals surface area contributed by atoms with Gasteiger partial charge < -0.3 is 20.1 Å². The predicted octanol–water partition coefficient (Wildman–Crippen LogP) is 3.60. The van der Waals surface area contributed by atoms with Crippen molar-refractivity contribution in [3.05, 3.63) is 58.3 Å². The maximum absolute atomic E-state index is 13.0. The van der Waals surface area contributed by atoms with Crippen LogP contribution in [-0.4, -0.2) is 38.1 Å². The van der Waals surface area contributed by atoms with Gasteiger partial charge in [0, 0.05) is 24.2 Å². The van der Waals surface area contributed by atoms with E-state index in [1.54, 1.807) is 24.3 Å². The van der Waals surface area contributed by atoms with E-state index < -0.39 is 5.82 Å². The lowest BCUT2D eigenvalue weighted by Crippen LogP contribution is -2.32. The fourth-order valence-electron chi connectivity index (χ4n) is 2.20. The van der Waals surface area contributed by atoms with Gasteiger partial charge in [-0.25, -0.2) is 4.39 Å². The summed E-state index contributed by atoms with van der Waals surface area (Å²) in [6.07, 6.45) is 1.38. The van der Waals surface area contributed by atoms with Crippen LogP contribution in [0.25, 0.3) is 0 Å². The minimum absolute atomic E-state index is 0.0662. The second-order valence-corrected chi connectivity index (χ2v) is 6.86. The second kappa shape index (κ2) is 12.1. The van der Waals surface area contributed by atoms with Gasteiger partial charge in [-0.2, -0.15) is 0 Å². The van der Waals surface area contributed by atoms with Gasteiger partial charge in [0.15, 0.2) is 13.2 Å². The molecule has 0 aromatic heterocycles. The summed E-state index contributed by atoms with van der Waals surface area (Å²) in [5.74, 6) is -0.194. The number of rotatable bonds is 11. The van der Waals surface area contributed by atoms with E-state index in [-0.39, 0.29) is 30.1 Å². The first-order valence-electron chi connectivity index (χ1n) is 8.93. The predicted molar refractivity (Wildman–Crippen MR) is 109 cm³/mol. The lowest BCUT2D eigenvalue weighted by molar-refractivity contribution is -0.124. The van der Waals surface area contributed by atoms with Crippen LogP contribution in [0.3, 0.4) is 0 Å². The summed E-state index contributed by atoms with van der Waals surface area (Å²) in [6.45, 7) is 0.649. The summed E-state index contributed by atoms with van der Waals surface area (Å²) in [7, 11) is 0. The minimum Gasteiger partial charge on any atom is -0.484 e. The molecule has 2 aromatic rings. The van der Waals surface area contributed by atoms with Crippen molar-refractivity contribution in [2.75, 3.05) is 26.3 Å². The fourth-order valence-corrected chi connectivity index (χ4v) is 2.50. The molecule has 2 aromatic carbocycles. The Balaban J connectivity index is 1.49. The van der Waals surface area contributed by atoms with E-state index in [9.17, 15) is 14.0 Å². The number of halogens is 3. The van der Waals surface area contributed by atoms with Gasteiger partial charge in [0.2, 0.25) is 0 Å². The monoisotopic (exact) mass is 442 g/mol. The third-order valence-electron chi connectivity index (χ3n) is 3.69. The number of nitrogens with one attached hydrogen (secondary N) is 2. The summed E-state index contributed by atoms with van der Waals surface area (Å²) < 4.78 is 23.6. The molecular formula is C20H21Cl2FN2O4. The molecule has 0 atom stereocenters. The van der Waals surface area contributed by atoms with Crippen molar-refractivity contribution in [1.29, 1.82) is 0 Å². The van der Waals surface area contributed by atoms with Crippen LogP contribution in [0.15, 0.2) is 42.5 Å². The molecule has 0 aliphatic carbocycles. The van der Waals surface area contributed by atoms with Crippen LogP contribution in [0.4, 0.5) is 4.39 Å². The zero-order chi connectivity index (χ0) is 21.1. The molecule has 0 radical (unpaired) electrons. The van der Waals surface area contributed by atoms with Crippen molar-refractivity contribution in [3.63, 3.8) is 0 Å². The van der Waals surface area contributed by atoms with E-state index in [0.29, 0.717) is 42.5 Å². The zero-order valence-corrected chi connectivity index (χ0v) is 17.1. The van der Waals surface area contributed by atoms with Gasteiger partial charge in [-0.15, -0.1) is 0 Å². The quantitative estimate of drug-likeness (QED) is 0.521. The van der Waals surface area contributed by atoms with Crippen molar-refractivity contribution in [1.82, 2.24) is 10.6 Å². The van der Waals surface area contributed by atoms with Crippen LogP contribution in [0.1, 0.15) is 12.8 Å². The van der Waals surface area contributed by atoms with E-state index in [2.05, 4.69) is 10.6 Å². The molecule has 2 amide bonds. The largest absolute Gasteiger partial charge is 0.484 e. The average molecular weight is 443 g/mol. The Labute approximate surface area is 178 Å². The number of unbranched alkanes of at least 4 members (excludes halogenated alkanes) is 1. The van der Waals surface area contributed by atoms with Crippen molar-refractivity contribution in [2.24, 2.45) is 0 Å². The molecule has 29 heavy (non-hydrogen) atoms. The number of ether oxygens (including phenoxy) is 2. The molecule has 2 rings (SSSR count). The van der Waals surface area contributed by atoms with E-state index in [0.717, 1.165) is 0 Å². The first-order chi connectivity index (χ1) is 13.9. The molecule has 0 fully saturated rings. The van der Waals surface area contributed by atoms with Crippen LogP contribution in [0.5, 0.6) is 11.5 Å². The first kappa shape index (κ1) is 22.8. The van der Waals surface area contributed by atoms with Crippen molar-refractivity contribution in [3.8, 4) is 11.5 Å². The van der Waals surface area contributed by atoms with Crippen molar-refractivity contribution >= 4 is 35.0 Å². The maximum Gasteiger partial charge on any atom is 0.257 e. The highest BCUT2D eigenvalue weighted by Crippen LogP contribution is 2.20. The first-order valence-corrected chi connectivity index (χ1v) is 9.69. The molecule has 0 bridgehead atoms. The van der Waals surface area contributed by atoms with Gasteiger partial charge in [-0.05, 0) is 49.2 Å². The Morgan fingerprint density at radius 3 is 1.90 bits per heavy atom. The van der Waals surface area contributed by atoms with Crippen LogP contribution in [0, 0.1) is 5.82 Å². The molecule has 0 unspecified atom stereocenters. The topological polar surface area (TPSA) is 76.7 Å². The summed E-state index contributed by atoms with van der Waals surface area (Å²) in [6, 6.07) is 10.6. The van der Waals surface area contributed by atoms with Gasteiger partial charge in [0.25, 0.3) is 11.8 Å². The van der Waals surface area contributed by atoms with E-state index in [4.69, 9.17) is 32.7 Å². The molecule has 0 saturated carbocycles. The molecule has 0 heterocycles. The Bertz CT molecular complexity index is 819. The average Bonchev–Trinajstić information content (AvgIpc) is 2.71. The standard InChI is InChI=1S/C20H21Cl2FN2O4/c21-14-3-5-15(6-4-14)28-12-19(26)24-9-1-2-10-25-20(27)13-29-16-7-8-18(23)17(22)11-16/h3-8,11H,1-2,9-10,12-13H2,(H,24,26)(H,25,27). The summed E-state index contributed by atoms with van der Waals surface area (Å²) in [5.41, 5.74) is 0. The molecule has 0 aliphatic heterocycles. The van der Waals surface area contributed by atoms with Gasteiger partial charge in [0.1, 0.15) is 17.3 Å². The Morgan fingerprint density at radius 1 is 0.828 bits per heavy atom. The molecule has 0 saturated heterocycles. The van der Waals surface area contributed by atoms with Gasteiger partial charge in [0.05, 0.1) is 5.02 Å². The molecule has 0 aliphatic rings. The fraction of sp³-hybridized carbons (Fsp3) is 0.300. The van der Waals surface area contributed by atoms with E-state index >= 15 is 0 Å². The lowest BCUT2D eigenvalue weighted by Gasteiger charge is -2.09. The molecule has 6 nitrogen and oxygen atoms in total. The highest BCUT2D eigenvalue weighted by molar-refractivity contribution is 6.31. The lowest BCUT2D eigenvalue weighted by atomic mass is 10.3. The molecular weight excluding hydrogens is 422 g/mol. The molecule has 0 spiro atoms. The number of hydrogen-bond acceptors (Lipinski definition) is 4. The maximum atomic E-state index is 13.0. The Hall–Kier alpha value is -2.51. The Morgan fingerprint density at radius 2 is 1.34 bits per heavy atom. The van der Waals surface area contributed by atoms with E-state index in [1.165, 1.54) is 18.2 Å². The van der Waals surface area contributed by atoms with Crippen molar-refractivity contribution < 1.29 is 23.5 Å². The molecule has 2 N–H and O–H groups in total. The van der Waals surface area contributed by atoms with E-state index in [1.807, 2.05) is 0 Å². The van der Waals surface area contributed by atoms with Crippen LogP contribution >= 0.6 is 23.2 Å². The number of carbonyl (C=O) groups excluding carboxylic acids is 2. The minimum atomic E-state index is -0.549. The van der Waals surface area contributed by atoms with Crippen molar-refractivity contribution in [2.45, 2.75) is 12.8 Å². The normalized spacial score (nSPS) is 10.3. The smallest absolute Gasteiger partial charge is 0.257 e. The third kappa shape index (κ3) is 9.02.